The maximum atomic E-state index is 12.3. The quantitative estimate of drug-likeness (QED) is 0.650. The van der Waals surface area contributed by atoms with E-state index in [1.54, 1.807) is 10.9 Å². The van der Waals surface area contributed by atoms with Crippen molar-refractivity contribution in [3.8, 4) is 11.3 Å². The van der Waals surface area contributed by atoms with E-state index < -0.39 is 6.09 Å². The average Bonchev–Trinajstić information content (AvgIpc) is 3.22. The molecule has 1 saturated carbocycles. The number of hydrogen-bond donors (Lipinski definition) is 4. The summed E-state index contributed by atoms with van der Waals surface area (Å²) in [6.45, 7) is 0.458. The van der Waals surface area contributed by atoms with Crippen LogP contribution in [0.5, 0.6) is 0 Å². The first-order valence-electron chi connectivity index (χ1n) is 9.08. The molecule has 1 fully saturated rings. The Bertz CT molecular complexity index is 893. The summed E-state index contributed by atoms with van der Waals surface area (Å²) in [5.41, 5.74) is 2.84. The lowest BCUT2D eigenvalue weighted by Gasteiger charge is -2.32. The van der Waals surface area contributed by atoms with Gasteiger partial charge in [0, 0.05) is 31.4 Å². The number of amides is 2. The Morgan fingerprint density at radius 1 is 1.33 bits per heavy atom. The summed E-state index contributed by atoms with van der Waals surface area (Å²) < 4.78 is 1.67. The van der Waals surface area contributed by atoms with Crippen LogP contribution in [0.4, 0.5) is 10.6 Å². The van der Waals surface area contributed by atoms with Crippen LogP contribution >= 0.6 is 0 Å². The molecular weight excluding hydrogens is 348 g/mol. The van der Waals surface area contributed by atoms with Crippen molar-refractivity contribution in [3.05, 3.63) is 29.6 Å². The zero-order valence-electron chi connectivity index (χ0n) is 15.0. The Balaban J connectivity index is 1.67. The van der Waals surface area contributed by atoms with E-state index in [0.717, 1.165) is 36.8 Å². The molecule has 2 amide bonds. The second-order valence-corrected chi connectivity index (χ2v) is 7.07. The van der Waals surface area contributed by atoms with E-state index in [-0.39, 0.29) is 18.0 Å². The van der Waals surface area contributed by atoms with Crippen molar-refractivity contribution in [1.29, 1.82) is 0 Å². The van der Waals surface area contributed by atoms with Gasteiger partial charge in [0.25, 0.3) is 5.91 Å². The maximum absolute atomic E-state index is 12.3. The van der Waals surface area contributed by atoms with Crippen LogP contribution in [-0.2, 0) is 13.6 Å². The zero-order valence-corrected chi connectivity index (χ0v) is 15.0. The van der Waals surface area contributed by atoms with Gasteiger partial charge in [0.2, 0.25) is 0 Å². The number of anilines is 1. The van der Waals surface area contributed by atoms with Gasteiger partial charge in [0.15, 0.2) is 0 Å². The van der Waals surface area contributed by atoms with E-state index in [1.165, 1.54) is 0 Å². The number of carbonyl (C=O) groups is 2. The van der Waals surface area contributed by atoms with Gasteiger partial charge in [-0.3, -0.25) is 9.48 Å². The highest BCUT2D eigenvalue weighted by molar-refractivity contribution is 6.04. The summed E-state index contributed by atoms with van der Waals surface area (Å²) in [4.78, 5) is 28.0. The predicted molar refractivity (Wildman–Crippen MR) is 98.4 cm³/mol. The highest BCUT2D eigenvalue weighted by atomic mass is 16.4. The third-order valence-corrected chi connectivity index (χ3v) is 5.15. The molecule has 1 unspecified atom stereocenters. The van der Waals surface area contributed by atoms with Crippen molar-refractivity contribution < 1.29 is 14.7 Å². The van der Waals surface area contributed by atoms with Gasteiger partial charge in [-0.25, -0.2) is 9.78 Å². The fourth-order valence-electron chi connectivity index (χ4n) is 3.91. The molecule has 2 aromatic heterocycles. The summed E-state index contributed by atoms with van der Waals surface area (Å²) >= 11 is 0. The van der Waals surface area contributed by atoms with Crippen LogP contribution in [0, 0.1) is 0 Å². The third kappa shape index (κ3) is 3.44. The van der Waals surface area contributed by atoms with Crippen molar-refractivity contribution >= 4 is 17.8 Å². The third-order valence-electron chi connectivity index (χ3n) is 5.15. The first-order chi connectivity index (χ1) is 13.0. The Morgan fingerprint density at radius 3 is 2.81 bits per heavy atom. The Hall–Kier alpha value is -3.10. The second-order valence-electron chi connectivity index (χ2n) is 7.07. The van der Waals surface area contributed by atoms with Crippen LogP contribution in [0.3, 0.4) is 0 Å². The molecule has 4 rings (SSSR count). The van der Waals surface area contributed by atoms with Crippen molar-refractivity contribution in [2.24, 2.45) is 7.05 Å². The molecule has 2 atom stereocenters. The molecule has 0 saturated heterocycles. The maximum Gasteiger partial charge on any atom is 0.404 e. The lowest BCUT2D eigenvalue weighted by atomic mass is 9.90. The predicted octanol–water partition coefficient (Wildman–Crippen LogP) is 1.72. The lowest BCUT2D eigenvalue weighted by molar-refractivity contribution is 0.0966. The number of nitrogens with one attached hydrogen (secondary N) is 3. The van der Waals surface area contributed by atoms with Crippen molar-refractivity contribution in [2.75, 3.05) is 5.32 Å². The second kappa shape index (κ2) is 6.90. The van der Waals surface area contributed by atoms with Gasteiger partial charge in [-0.1, -0.05) is 12.8 Å². The molecule has 142 valence electrons. The molecule has 4 N–H and O–H groups in total. The fourth-order valence-corrected chi connectivity index (χ4v) is 3.91. The molecule has 9 heteroatoms. The number of pyridine rings is 1. The summed E-state index contributed by atoms with van der Waals surface area (Å²) in [6, 6.07) is 1.68. The number of aromatic nitrogens is 3. The first kappa shape index (κ1) is 17.3. The summed E-state index contributed by atoms with van der Waals surface area (Å²) in [7, 11) is 1.82. The monoisotopic (exact) mass is 370 g/mol. The molecule has 2 aromatic rings. The Kier molecular flexibility index (Phi) is 4.43. The van der Waals surface area contributed by atoms with E-state index in [2.05, 4.69) is 26.0 Å². The van der Waals surface area contributed by atoms with Crippen LogP contribution in [0.25, 0.3) is 11.3 Å². The first-order valence-corrected chi connectivity index (χ1v) is 9.08. The molecule has 2 aliphatic rings. The molecule has 3 heterocycles. The standard InChI is InChI=1S/C18H22N6O3/c1-24-9-11(8-20-24)16-15-10(7-19-17(15)25)6-14(23-16)21-12-4-2-3-5-13(12)22-18(26)27/h6,8-9,12-13,22H,2-5,7H2,1H3,(H,19,25)(H,21,23)(H,26,27)/t12-,13?/m1/s1. The van der Waals surface area contributed by atoms with E-state index in [0.29, 0.717) is 23.6 Å². The number of hydrogen-bond acceptors (Lipinski definition) is 5. The number of nitrogens with zero attached hydrogens (tertiary/aromatic N) is 3. The normalized spacial score (nSPS) is 21.4. The summed E-state index contributed by atoms with van der Waals surface area (Å²) in [5.74, 6) is 0.513. The average molecular weight is 370 g/mol. The minimum atomic E-state index is -1.01. The molecule has 0 spiro atoms. The van der Waals surface area contributed by atoms with Crippen molar-refractivity contribution in [2.45, 2.75) is 44.3 Å². The molecule has 0 radical (unpaired) electrons. The van der Waals surface area contributed by atoms with E-state index in [9.17, 15) is 9.59 Å². The lowest BCUT2D eigenvalue weighted by Crippen LogP contribution is -2.48. The number of carbonyl (C=O) groups excluding carboxylic acids is 1. The van der Waals surface area contributed by atoms with E-state index in [1.807, 2.05) is 19.3 Å². The van der Waals surface area contributed by atoms with Gasteiger partial charge >= 0.3 is 6.09 Å². The van der Waals surface area contributed by atoms with Gasteiger partial charge in [-0.05, 0) is 24.5 Å². The molecule has 0 aromatic carbocycles. The van der Waals surface area contributed by atoms with Gasteiger partial charge in [0.05, 0.1) is 23.5 Å². The molecule has 1 aliphatic heterocycles. The van der Waals surface area contributed by atoms with Crippen LogP contribution < -0.4 is 16.0 Å². The summed E-state index contributed by atoms with van der Waals surface area (Å²) in [5, 5.41) is 22.1. The highest BCUT2D eigenvalue weighted by Gasteiger charge is 2.29. The van der Waals surface area contributed by atoms with Crippen LogP contribution in [0.15, 0.2) is 18.5 Å². The topological polar surface area (TPSA) is 121 Å². The molecule has 1 aliphatic carbocycles. The molecule has 9 nitrogen and oxygen atoms in total. The van der Waals surface area contributed by atoms with Crippen LogP contribution in [-0.4, -0.2) is 44.0 Å². The largest absolute Gasteiger partial charge is 0.465 e. The molecular formula is C18H22N6O3. The minimum Gasteiger partial charge on any atom is -0.465 e. The highest BCUT2D eigenvalue weighted by Crippen LogP contribution is 2.31. The fraction of sp³-hybridized carbons (Fsp3) is 0.444. The van der Waals surface area contributed by atoms with Gasteiger partial charge in [-0.15, -0.1) is 0 Å². The van der Waals surface area contributed by atoms with Crippen LogP contribution in [0.2, 0.25) is 0 Å². The zero-order chi connectivity index (χ0) is 19.0. The van der Waals surface area contributed by atoms with Gasteiger partial charge < -0.3 is 21.1 Å². The SMILES string of the molecule is Cn1cc(-c2nc(N[C@@H]3CCCCC3NC(=O)O)cc3c2C(=O)NC3)cn1. The molecule has 0 bridgehead atoms. The Labute approximate surface area is 156 Å². The van der Waals surface area contributed by atoms with E-state index >= 15 is 0 Å². The molecule has 27 heavy (non-hydrogen) atoms. The van der Waals surface area contributed by atoms with Crippen LogP contribution in [0.1, 0.15) is 41.6 Å². The Morgan fingerprint density at radius 2 is 2.11 bits per heavy atom. The van der Waals surface area contributed by atoms with Gasteiger partial charge in [-0.2, -0.15) is 5.10 Å². The number of aryl methyl sites for hydroxylation is 1. The number of carboxylic acid groups (broad SMARTS) is 1. The summed E-state index contributed by atoms with van der Waals surface area (Å²) in [6.07, 6.45) is 6.20. The van der Waals surface area contributed by atoms with E-state index in [4.69, 9.17) is 5.11 Å². The smallest absolute Gasteiger partial charge is 0.404 e. The number of fused-ring (bicyclic) bond motifs is 1. The van der Waals surface area contributed by atoms with Gasteiger partial charge in [0.1, 0.15) is 5.82 Å². The number of rotatable bonds is 4. The minimum absolute atomic E-state index is 0.0350. The van der Waals surface area contributed by atoms with Crippen molar-refractivity contribution in [1.82, 2.24) is 25.4 Å². The van der Waals surface area contributed by atoms with Crippen molar-refractivity contribution in [3.63, 3.8) is 0 Å².